The van der Waals surface area contributed by atoms with Gasteiger partial charge in [-0.15, -0.1) is 0 Å². The van der Waals surface area contributed by atoms with Gasteiger partial charge in [0.15, 0.2) is 0 Å². The van der Waals surface area contributed by atoms with E-state index in [0.717, 1.165) is 29.9 Å². The average Bonchev–Trinajstić information content (AvgIpc) is 2.65. The first-order valence-corrected chi connectivity index (χ1v) is 9.53. The minimum absolute atomic E-state index is 0.207. The van der Waals surface area contributed by atoms with Crippen LogP contribution in [-0.4, -0.2) is 24.9 Å². The normalized spacial score (nSPS) is 13.9. The van der Waals surface area contributed by atoms with Gasteiger partial charge in [-0.3, -0.25) is 9.59 Å². The maximum atomic E-state index is 12.2. The fourth-order valence-electron chi connectivity index (χ4n) is 3.41. The molecule has 1 saturated heterocycles. The number of piperidine rings is 1. The molecule has 1 heterocycles. The number of hydrogen-bond acceptors (Lipinski definition) is 3. The largest absolute Gasteiger partial charge is 0.372 e. The van der Waals surface area contributed by atoms with Crippen molar-refractivity contribution in [2.45, 2.75) is 39.5 Å². The van der Waals surface area contributed by atoms with Crippen LogP contribution in [0, 0.1) is 13.8 Å². The van der Waals surface area contributed by atoms with Crippen LogP contribution in [0.2, 0.25) is 0 Å². The zero-order valence-electron chi connectivity index (χ0n) is 16.0. The van der Waals surface area contributed by atoms with E-state index in [-0.39, 0.29) is 18.2 Å². The second-order valence-electron chi connectivity index (χ2n) is 7.19. The van der Waals surface area contributed by atoms with E-state index in [4.69, 9.17) is 0 Å². The predicted octanol–water partition coefficient (Wildman–Crippen LogP) is 4.26. The van der Waals surface area contributed by atoms with Crippen molar-refractivity contribution >= 4 is 28.9 Å². The minimum atomic E-state index is -0.317. The Morgan fingerprint density at radius 1 is 0.889 bits per heavy atom. The molecule has 0 aliphatic carbocycles. The summed E-state index contributed by atoms with van der Waals surface area (Å²) in [6.07, 6.45) is 3.55. The van der Waals surface area contributed by atoms with Gasteiger partial charge in [0.05, 0.1) is 0 Å². The van der Waals surface area contributed by atoms with Crippen molar-refractivity contribution in [3.05, 3.63) is 53.6 Å². The summed E-state index contributed by atoms with van der Waals surface area (Å²) in [5.41, 5.74) is 4.75. The van der Waals surface area contributed by atoms with Crippen molar-refractivity contribution in [2.75, 3.05) is 28.6 Å². The van der Waals surface area contributed by atoms with E-state index < -0.39 is 0 Å². The van der Waals surface area contributed by atoms with E-state index in [9.17, 15) is 9.59 Å². The number of nitrogens with one attached hydrogen (secondary N) is 2. The van der Waals surface area contributed by atoms with Crippen molar-refractivity contribution < 1.29 is 9.59 Å². The summed E-state index contributed by atoms with van der Waals surface area (Å²) in [6.45, 7) is 6.11. The second-order valence-corrected chi connectivity index (χ2v) is 7.19. The van der Waals surface area contributed by atoms with Crippen LogP contribution in [0.4, 0.5) is 17.1 Å². The third-order valence-corrected chi connectivity index (χ3v) is 4.85. The molecule has 0 saturated carbocycles. The number of hydrogen-bond donors (Lipinski definition) is 2. The summed E-state index contributed by atoms with van der Waals surface area (Å²) in [5.74, 6) is -0.632. The van der Waals surface area contributed by atoms with Gasteiger partial charge in [0, 0.05) is 30.2 Å². The fraction of sp³-hybridized carbons (Fsp3) is 0.364. The first kappa shape index (κ1) is 19.0. The van der Waals surface area contributed by atoms with Gasteiger partial charge >= 0.3 is 0 Å². The molecule has 5 nitrogen and oxygen atoms in total. The zero-order chi connectivity index (χ0) is 19.2. The van der Waals surface area contributed by atoms with E-state index >= 15 is 0 Å². The number of amides is 2. The number of nitrogens with zero attached hydrogens (tertiary/aromatic N) is 1. The summed E-state index contributed by atoms with van der Waals surface area (Å²) in [6, 6.07) is 13.6. The summed E-state index contributed by atoms with van der Waals surface area (Å²) >= 11 is 0. The number of carbonyl (C=O) groups is 2. The van der Waals surface area contributed by atoms with Crippen LogP contribution in [-0.2, 0) is 9.59 Å². The smallest absolute Gasteiger partial charge is 0.233 e. The highest BCUT2D eigenvalue weighted by molar-refractivity contribution is 6.08. The lowest BCUT2D eigenvalue weighted by Crippen LogP contribution is -2.29. The van der Waals surface area contributed by atoms with Crippen LogP contribution < -0.4 is 15.5 Å². The molecule has 0 atom stereocenters. The minimum Gasteiger partial charge on any atom is -0.372 e. The molecule has 0 bridgehead atoms. The molecule has 2 amide bonds. The molecule has 5 heteroatoms. The van der Waals surface area contributed by atoms with E-state index in [1.807, 2.05) is 56.3 Å². The van der Waals surface area contributed by atoms with E-state index in [0.29, 0.717) is 5.69 Å². The van der Waals surface area contributed by atoms with Gasteiger partial charge in [-0.2, -0.15) is 0 Å². The highest BCUT2D eigenvalue weighted by Gasteiger charge is 2.13. The number of anilines is 3. The molecular weight excluding hydrogens is 338 g/mol. The fourth-order valence-corrected chi connectivity index (χ4v) is 3.41. The SMILES string of the molecule is Cc1ccc(NC(=O)CC(=O)Nc2ccc(N3CCCCC3)cc2)c(C)c1. The van der Waals surface area contributed by atoms with Gasteiger partial charge in [-0.1, -0.05) is 17.7 Å². The molecule has 1 aliphatic rings. The molecular formula is C22H27N3O2. The highest BCUT2D eigenvalue weighted by atomic mass is 16.2. The van der Waals surface area contributed by atoms with Gasteiger partial charge in [0.2, 0.25) is 11.8 Å². The Bertz CT molecular complexity index is 809. The molecule has 0 aromatic heterocycles. The molecule has 0 unspecified atom stereocenters. The van der Waals surface area contributed by atoms with Crippen LogP contribution in [0.3, 0.4) is 0 Å². The molecule has 142 valence electrons. The van der Waals surface area contributed by atoms with E-state index in [1.165, 1.54) is 24.9 Å². The predicted molar refractivity (Wildman–Crippen MR) is 110 cm³/mol. The van der Waals surface area contributed by atoms with Crippen molar-refractivity contribution in [2.24, 2.45) is 0 Å². The number of carbonyl (C=O) groups excluding carboxylic acids is 2. The van der Waals surface area contributed by atoms with Crippen LogP contribution in [0.15, 0.2) is 42.5 Å². The molecule has 2 aromatic carbocycles. The Hall–Kier alpha value is -2.82. The van der Waals surface area contributed by atoms with E-state index in [1.54, 1.807) is 0 Å². The van der Waals surface area contributed by atoms with Crippen LogP contribution in [0.5, 0.6) is 0 Å². The summed E-state index contributed by atoms with van der Waals surface area (Å²) in [7, 11) is 0. The standard InChI is InChI=1S/C22H27N3O2/c1-16-6-11-20(17(2)14-16)24-22(27)15-21(26)23-18-7-9-19(10-8-18)25-12-4-3-5-13-25/h6-11,14H,3-5,12-13,15H2,1-2H3,(H,23,26)(H,24,27). The third-order valence-electron chi connectivity index (χ3n) is 4.85. The molecule has 0 radical (unpaired) electrons. The van der Waals surface area contributed by atoms with Crippen molar-refractivity contribution in [3.8, 4) is 0 Å². The second kappa shape index (κ2) is 8.71. The molecule has 3 rings (SSSR count). The Balaban J connectivity index is 1.51. The Kier molecular flexibility index (Phi) is 6.12. The first-order chi connectivity index (χ1) is 13.0. The van der Waals surface area contributed by atoms with Gasteiger partial charge in [-0.05, 0) is 69.0 Å². The number of aryl methyl sites for hydroxylation is 2. The molecule has 0 spiro atoms. The molecule has 27 heavy (non-hydrogen) atoms. The van der Waals surface area contributed by atoms with Crippen LogP contribution >= 0.6 is 0 Å². The summed E-state index contributed by atoms with van der Waals surface area (Å²) in [4.78, 5) is 26.7. The lowest BCUT2D eigenvalue weighted by atomic mass is 10.1. The summed E-state index contributed by atoms with van der Waals surface area (Å²) in [5, 5.41) is 5.59. The number of rotatable bonds is 5. The Morgan fingerprint density at radius 3 is 2.22 bits per heavy atom. The van der Waals surface area contributed by atoms with Gasteiger partial charge < -0.3 is 15.5 Å². The van der Waals surface area contributed by atoms with E-state index in [2.05, 4.69) is 15.5 Å². The third kappa shape index (κ3) is 5.33. The zero-order valence-corrected chi connectivity index (χ0v) is 16.0. The van der Waals surface area contributed by atoms with Crippen molar-refractivity contribution in [1.29, 1.82) is 0 Å². The van der Waals surface area contributed by atoms with Gasteiger partial charge in [-0.25, -0.2) is 0 Å². The molecule has 2 aromatic rings. The quantitative estimate of drug-likeness (QED) is 0.778. The van der Waals surface area contributed by atoms with Gasteiger partial charge in [0.1, 0.15) is 6.42 Å². The van der Waals surface area contributed by atoms with Crippen LogP contribution in [0.1, 0.15) is 36.8 Å². The average molecular weight is 365 g/mol. The molecule has 1 fully saturated rings. The Labute approximate surface area is 160 Å². The highest BCUT2D eigenvalue weighted by Crippen LogP contribution is 2.22. The molecule has 1 aliphatic heterocycles. The van der Waals surface area contributed by atoms with Crippen molar-refractivity contribution in [1.82, 2.24) is 0 Å². The lowest BCUT2D eigenvalue weighted by molar-refractivity contribution is -0.123. The van der Waals surface area contributed by atoms with Crippen LogP contribution in [0.25, 0.3) is 0 Å². The monoisotopic (exact) mass is 365 g/mol. The summed E-state index contributed by atoms with van der Waals surface area (Å²) < 4.78 is 0. The lowest BCUT2D eigenvalue weighted by Gasteiger charge is -2.28. The topological polar surface area (TPSA) is 61.4 Å². The maximum absolute atomic E-state index is 12.2. The maximum Gasteiger partial charge on any atom is 0.233 e. The van der Waals surface area contributed by atoms with Gasteiger partial charge in [0.25, 0.3) is 0 Å². The Morgan fingerprint density at radius 2 is 1.56 bits per heavy atom. The van der Waals surface area contributed by atoms with Crippen molar-refractivity contribution in [3.63, 3.8) is 0 Å². The first-order valence-electron chi connectivity index (χ1n) is 9.53. The number of benzene rings is 2. The molecule has 2 N–H and O–H groups in total.